The van der Waals surface area contributed by atoms with Gasteiger partial charge in [-0.05, 0) is 36.1 Å². The van der Waals surface area contributed by atoms with Crippen molar-refractivity contribution in [1.29, 1.82) is 0 Å². The van der Waals surface area contributed by atoms with Gasteiger partial charge in [-0.1, -0.05) is 51.1 Å². The summed E-state index contributed by atoms with van der Waals surface area (Å²) in [6.45, 7) is 9.19. The SMILES string of the molecule is COc1ccccc1CNc1nc(C)cc(Nc2ccc(C(C)(C)C)cc2)n1. The number of aryl methyl sites for hydroxylation is 1. The number of anilines is 3. The van der Waals surface area contributed by atoms with Crippen molar-refractivity contribution in [1.82, 2.24) is 9.97 Å². The summed E-state index contributed by atoms with van der Waals surface area (Å²) in [5.41, 5.74) is 4.39. The minimum Gasteiger partial charge on any atom is -0.496 e. The standard InChI is InChI=1S/C23H28N4O/c1-16-14-21(26-19-12-10-18(11-13-19)23(2,3)4)27-22(25-16)24-15-17-8-6-7-9-20(17)28-5/h6-14H,15H2,1-5H3,(H2,24,25,26,27). The molecule has 3 aromatic rings. The highest BCUT2D eigenvalue weighted by molar-refractivity contribution is 5.58. The molecule has 28 heavy (non-hydrogen) atoms. The number of aromatic nitrogens is 2. The van der Waals surface area contributed by atoms with Gasteiger partial charge in [-0.15, -0.1) is 0 Å². The summed E-state index contributed by atoms with van der Waals surface area (Å²) >= 11 is 0. The molecule has 5 heteroatoms. The lowest BCUT2D eigenvalue weighted by Gasteiger charge is -2.19. The summed E-state index contributed by atoms with van der Waals surface area (Å²) in [6.07, 6.45) is 0. The number of benzene rings is 2. The summed E-state index contributed by atoms with van der Waals surface area (Å²) in [5.74, 6) is 2.19. The zero-order chi connectivity index (χ0) is 20.1. The molecule has 0 amide bonds. The van der Waals surface area contributed by atoms with E-state index in [0.29, 0.717) is 12.5 Å². The van der Waals surface area contributed by atoms with Gasteiger partial charge in [0.15, 0.2) is 0 Å². The molecule has 0 bridgehead atoms. The van der Waals surface area contributed by atoms with Crippen LogP contribution in [0.25, 0.3) is 0 Å². The largest absolute Gasteiger partial charge is 0.496 e. The van der Waals surface area contributed by atoms with E-state index in [1.807, 2.05) is 37.3 Å². The predicted molar refractivity (Wildman–Crippen MR) is 116 cm³/mol. The maximum Gasteiger partial charge on any atom is 0.225 e. The number of ether oxygens (including phenoxy) is 1. The van der Waals surface area contributed by atoms with Gasteiger partial charge >= 0.3 is 0 Å². The van der Waals surface area contributed by atoms with Crippen molar-refractivity contribution in [3.05, 3.63) is 71.4 Å². The lowest BCUT2D eigenvalue weighted by atomic mass is 9.87. The topological polar surface area (TPSA) is 59.1 Å². The summed E-state index contributed by atoms with van der Waals surface area (Å²) in [6, 6.07) is 18.3. The number of rotatable bonds is 6. The van der Waals surface area contributed by atoms with Crippen LogP contribution in [0.15, 0.2) is 54.6 Å². The molecule has 2 N–H and O–H groups in total. The molecule has 5 nitrogen and oxygen atoms in total. The van der Waals surface area contributed by atoms with E-state index in [2.05, 4.69) is 65.6 Å². The smallest absolute Gasteiger partial charge is 0.225 e. The van der Waals surface area contributed by atoms with E-state index in [1.54, 1.807) is 7.11 Å². The van der Waals surface area contributed by atoms with Crippen LogP contribution in [0.3, 0.4) is 0 Å². The zero-order valence-electron chi connectivity index (χ0n) is 17.2. The van der Waals surface area contributed by atoms with E-state index >= 15 is 0 Å². The van der Waals surface area contributed by atoms with Gasteiger partial charge in [-0.25, -0.2) is 4.98 Å². The Bertz CT molecular complexity index is 930. The van der Waals surface area contributed by atoms with Crippen molar-refractivity contribution in [3.63, 3.8) is 0 Å². The molecule has 3 rings (SSSR count). The first-order valence-corrected chi connectivity index (χ1v) is 9.44. The second-order valence-corrected chi connectivity index (χ2v) is 7.84. The van der Waals surface area contributed by atoms with Crippen molar-refractivity contribution >= 4 is 17.5 Å². The molecule has 0 saturated carbocycles. The minimum atomic E-state index is 0.139. The molecule has 0 saturated heterocycles. The summed E-state index contributed by atoms with van der Waals surface area (Å²) in [4.78, 5) is 9.09. The maximum atomic E-state index is 5.40. The summed E-state index contributed by atoms with van der Waals surface area (Å²) < 4.78 is 5.40. The monoisotopic (exact) mass is 376 g/mol. The van der Waals surface area contributed by atoms with Gasteiger partial charge < -0.3 is 15.4 Å². The molecule has 0 atom stereocenters. The minimum absolute atomic E-state index is 0.139. The first kappa shape index (κ1) is 19.7. The van der Waals surface area contributed by atoms with E-state index in [9.17, 15) is 0 Å². The predicted octanol–water partition coefficient (Wildman–Crippen LogP) is 5.45. The molecular weight excluding hydrogens is 348 g/mol. The Hall–Kier alpha value is -3.08. The average Bonchev–Trinajstić information content (AvgIpc) is 2.66. The molecule has 0 aliphatic carbocycles. The zero-order valence-corrected chi connectivity index (χ0v) is 17.2. The van der Waals surface area contributed by atoms with Crippen LogP contribution >= 0.6 is 0 Å². The highest BCUT2D eigenvalue weighted by Gasteiger charge is 2.13. The van der Waals surface area contributed by atoms with Crippen LogP contribution in [0.4, 0.5) is 17.5 Å². The molecule has 0 radical (unpaired) electrons. The molecule has 0 unspecified atom stereocenters. The van der Waals surface area contributed by atoms with Gasteiger partial charge in [0.25, 0.3) is 0 Å². The molecule has 1 heterocycles. The molecule has 1 aromatic heterocycles. The van der Waals surface area contributed by atoms with Gasteiger partial charge in [-0.2, -0.15) is 4.98 Å². The fourth-order valence-electron chi connectivity index (χ4n) is 2.94. The second kappa shape index (κ2) is 8.30. The fraction of sp³-hybridized carbons (Fsp3) is 0.304. The third kappa shape index (κ3) is 5.00. The molecule has 146 valence electrons. The van der Waals surface area contributed by atoms with Gasteiger partial charge in [0.2, 0.25) is 5.95 Å². The first-order valence-electron chi connectivity index (χ1n) is 9.44. The van der Waals surface area contributed by atoms with Crippen LogP contribution in [0, 0.1) is 6.92 Å². The highest BCUT2D eigenvalue weighted by atomic mass is 16.5. The molecular formula is C23H28N4O. The molecule has 0 spiro atoms. The summed E-state index contributed by atoms with van der Waals surface area (Å²) in [5, 5.41) is 6.66. The molecule has 0 aliphatic heterocycles. The van der Waals surface area contributed by atoms with Gasteiger partial charge in [0.1, 0.15) is 11.6 Å². The van der Waals surface area contributed by atoms with Crippen LogP contribution < -0.4 is 15.4 Å². The number of methoxy groups -OCH3 is 1. The lowest BCUT2D eigenvalue weighted by molar-refractivity contribution is 0.410. The van der Waals surface area contributed by atoms with Crippen LogP contribution in [0.1, 0.15) is 37.6 Å². The Kier molecular flexibility index (Phi) is 5.83. The van der Waals surface area contributed by atoms with Crippen LogP contribution in [0.2, 0.25) is 0 Å². The normalized spacial score (nSPS) is 11.2. The van der Waals surface area contributed by atoms with Gasteiger partial charge in [0.05, 0.1) is 7.11 Å². The van der Waals surface area contributed by atoms with E-state index < -0.39 is 0 Å². The summed E-state index contributed by atoms with van der Waals surface area (Å²) in [7, 11) is 1.68. The quantitative estimate of drug-likeness (QED) is 0.599. The number of para-hydroxylation sites is 1. The number of nitrogens with one attached hydrogen (secondary N) is 2. The lowest BCUT2D eigenvalue weighted by Crippen LogP contribution is -2.10. The van der Waals surface area contributed by atoms with Crippen LogP contribution in [-0.2, 0) is 12.0 Å². The van der Waals surface area contributed by atoms with Crippen molar-refractivity contribution in [2.45, 2.75) is 39.7 Å². The van der Waals surface area contributed by atoms with Crippen molar-refractivity contribution in [2.75, 3.05) is 17.7 Å². The van der Waals surface area contributed by atoms with E-state index in [1.165, 1.54) is 5.56 Å². The Morgan fingerprint density at radius 2 is 1.68 bits per heavy atom. The van der Waals surface area contributed by atoms with Crippen LogP contribution in [-0.4, -0.2) is 17.1 Å². The van der Waals surface area contributed by atoms with Gasteiger partial charge in [0, 0.05) is 29.6 Å². The molecule has 0 aliphatic rings. The third-order valence-electron chi connectivity index (χ3n) is 4.51. The number of hydrogen-bond donors (Lipinski definition) is 2. The van der Waals surface area contributed by atoms with Crippen LogP contribution in [0.5, 0.6) is 5.75 Å². The van der Waals surface area contributed by atoms with Gasteiger partial charge in [-0.3, -0.25) is 0 Å². The van der Waals surface area contributed by atoms with Crippen molar-refractivity contribution in [2.24, 2.45) is 0 Å². The van der Waals surface area contributed by atoms with E-state index in [0.717, 1.165) is 28.5 Å². The Morgan fingerprint density at radius 3 is 2.36 bits per heavy atom. The highest BCUT2D eigenvalue weighted by Crippen LogP contribution is 2.25. The molecule has 2 aromatic carbocycles. The molecule has 0 fully saturated rings. The number of nitrogens with zero attached hydrogens (tertiary/aromatic N) is 2. The first-order chi connectivity index (χ1) is 13.3. The van der Waals surface area contributed by atoms with Crippen molar-refractivity contribution < 1.29 is 4.74 Å². The average molecular weight is 377 g/mol. The fourth-order valence-corrected chi connectivity index (χ4v) is 2.94. The Balaban J connectivity index is 1.72. The van der Waals surface area contributed by atoms with Crippen molar-refractivity contribution in [3.8, 4) is 5.75 Å². The Morgan fingerprint density at radius 1 is 0.964 bits per heavy atom. The van der Waals surface area contributed by atoms with E-state index in [4.69, 9.17) is 4.74 Å². The van der Waals surface area contributed by atoms with E-state index in [-0.39, 0.29) is 5.41 Å². The number of hydrogen-bond acceptors (Lipinski definition) is 5. The maximum absolute atomic E-state index is 5.40. The Labute approximate surface area is 167 Å². The second-order valence-electron chi connectivity index (χ2n) is 7.84. The third-order valence-corrected chi connectivity index (χ3v) is 4.51.